The second-order valence-corrected chi connectivity index (χ2v) is 5.10. The summed E-state index contributed by atoms with van der Waals surface area (Å²) >= 11 is 11.8. The van der Waals surface area contributed by atoms with E-state index in [4.69, 9.17) is 41.8 Å². The van der Waals surface area contributed by atoms with E-state index in [-0.39, 0.29) is 0 Å². The van der Waals surface area contributed by atoms with Crippen molar-refractivity contribution in [3.05, 3.63) is 46.4 Å². The van der Waals surface area contributed by atoms with E-state index in [9.17, 15) is 0 Å². The Labute approximate surface area is 118 Å². The molecule has 0 atom stereocenters. The molecule has 2 aromatic carbocycles. The molecule has 4 nitrogen and oxygen atoms in total. The fourth-order valence-corrected chi connectivity index (χ4v) is 2.43. The standard InChI is InChI=1S/C12H6BCl2O4/c14-7-1-3-9-11(5-7)18-13(16-9)17-10-4-2-8(15)6-12(10)19-13/h1-6H/q-1. The quantitative estimate of drug-likeness (QED) is 0.695. The minimum Gasteiger partial charge on any atom is -0.609 e. The SMILES string of the molecule is Clc1ccc2c(c1)O[B-]1(O2)Oc2ccc(Cl)cc2O1. The number of hydrogen-bond donors (Lipinski definition) is 0. The fourth-order valence-electron chi connectivity index (χ4n) is 2.11. The van der Waals surface area contributed by atoms with Gasteiger partial charge in [-0.25, -0.2) is 0 Å². The Kier molecular flexibility index (Phi) is 2.14. The summed E-state index contributed by atoms with van der Waals surface area (Å²) in [5.41, 5.74) is 0. The topological polar surface area (TPSA) is 36.9 Å². The highest BCUT2D eigenvalue weighted by Crippen LogP contribution is 2.46. The molecular weight excluding hydrogens is 290 g/mol. The predicted molar refractivity (Wildman–Crippen MR) is 71.2 cm³/mol. The lowest BCUT2D eigenvalue weighted by Crippen LogP contribution is -2.54. The van der Waals surface area contributed by atoms with Gasteiger partial charge in [-0.05, 0) is 36.4 Å². The molecule has 2 aliphatic rings. The minimum atomic E-state index is -2.35. The van der Waals surface area contributed by atoms with Crippen molar-refractivity contribution >= 4 is 30.2 Å². The summed E-state index contributed by atoms with van der Waals surface area (Å²) in [4.78, 5) is 0. The zero-order chi connectivity index (χ0) is 13.0. The molecule has 7 heteroatoms. The third-order valence-corrected chi connectivity index (χ3v) is 3.37. The van der Waals surface area contributed by atoms with Crippen LogP contribution in [-0.2, 0) is 0 Å². The highest BCUT2D eigenvalue weighted by molar-refractivity contribution is 6.59. The minimum absolute atomic E-state index is 0.492. The lowest BCUT2D eigenvalue weighted by Gasteiger charge is -2.27. The van der Waals surface area contributed by atoms with Gasteiger partial charge in [-0.3, -0.25) is 0 Å². The van der Waals surface area contributed by atoms with Crippen LogP contribution in [0.1, 0.15) is 0 Å². The monoisotopic (exact) mass is 295 g/mol. The normalized spacial score (nSPS) is 16.9. The highest BCUT2D eigenvalue weighted by atomic mass is 35.5. The van der Waals surface area contributed by atoms with Gasteiger partial charge in [0.25, 0.3) is 0 Å². The molecule has 0 unspecified atom stereocenters. The first-order valence-electron chi connectivity index (χ1n) is 5.61. The molecule has 0 fully saturated rings. The molecule has 0 aromatic heterocycles. The van der Waals surface area contributed by atoms with Crippen molar-refractivity contribution in [2.24, 2.45) is 0 Å². The van der Waals surface area contributed by atoms with E-state index in [1.165, 1.54) is 0 Å². The van der Waals surface area contributed by atoms with Crippen LogP contribution in [0.3, 0.4) is 0 Å². The van der Waals surface area contributed by atoms with Crippen molar-refractivity contribution < 1.29 is 18.6 Å². The van der Waals surface area contributed by atoms with E-state index in [0.717, 1.165) is 0 Å². The van der Waals surface area contributed by atoms with Crippen molar-refractivity contribution in [2.75, 3.05) is 0 Å². The number of benzene rings is 2. The zero-order valence-corrected chi connectivity index (χ0v) is 10.9. The first kappa shape index (κ1) is 11.1. The molecular formula is C12H6BCl2O4-. The van der Waals surface area contributed by atoms with Crippen LogP contribution in [-0.4, -0.2) is 6.96 Å². The molecule has 0 saturated carbocycles. The maximum Gasteiger partial charge on any atom is 0.777 e. The van der Waals surface area contributed by atoms with E-state index in [1.807, 2.05) is 0 Å². The Morgan fingerprint density at radius 1 is 0.632 bits per heavy atom. The van der Waals surface area contributed by atoms with Gasteiger partial charge in [0.2, 0.25) is 0 Å². The molecule has 4 rings (SSSR count). The zero-order valence-electron chi connectivity index (χ0n) is 9.43. The van der Waals surface area contributed by atoms with Crippen LogP contribution in [0.2, 0.25) is 10.0 Å². The largest absolute Gasteiger partial charge is 0.777 e. The molecule has 0 amide bonds. The van der Waals surface area contributed by atoms with Crippen LogP contribution in [0, 0.1) is 0 Å². The van der Waals surface area contributed by atoms with Crippen molar-refractivity contribution in [1.29, 1.82) is 0 Å². The van der Waals surface area contributed by atoms with Gasteiger partial charge >= 0.3 is 6.96 Å². The van der Waals surface area contributed by atoms with Gasteiger partial charge in [0.1, 0.15) is 23.0 Å². The van der Waals surface area contributed by atoms with E-state index in [0.29, 0.717) is 33.0 Å². The number of hydrogen-bond acceptors (Lipinski definition) is 4. The number of fused-ring (bicyclic) bond motifs is 2. The summed E-state index contributed by atoms with van der Waals surface area (Å²) in [6, 6.07) is 10.1. The molecule has 0 bridgehead atoms. The molecule has 0 aliphatic carbocycles. The first-order chi connectivity index (χ1) is 9.13. The average molecular weight is 296 g/mol. The van der Waals surface area contributed by atoms with Gasteiger partial charge in [-0.2, -0.15) is 0 Å². The van der Waals surface area contributed by atoms with Crippen molar-refractivity contribution in [2.45, 2.75) is 0 Å². The van der Waals surface area contributed by atoms with Crippen LogP contribution in [0.15, 0.2) is 36.4 Å². The summed E-state index contributed by atoms with van der Waals surface area (Å²) in [6.07, 6.45) is 0. The Hall–Kier alpha value is -1.72. The number of halogens is 2. The van der Waals surface area contributed by atoms with E-state index >= 15 is 0 Å². The Morgan fingerprint density at radius 3 is 1.53 bits per heavy atom. The molecule has 96 valence electrons. The lowest BCUT2D eigenvalue weighted by molar-refractivity contribution is 0.224. The molecule has 2 aromatic rings. The smallest absolute Gasteiger partial charge is 0.609 e. The third kappa shape index (κ3) is 1.69. The van der Waals surface area contributed by atoms with Crippen LogP contribution in [0.5, 0.6) is 23.0 Å². The highest BCUT2D eigenvalue weighted by Gasteiger charge is 2.51. The molecule has 0 radical (unpaired) electrons. The second-order valence-electron chi connectivity index (χ2n) is 4.23. The van der Waals surface area contributed by atoms with Gasteiger partial charge in [-0.1, -0.05) is 23.2 Å². The molecule has 0 saturated heterocycles. The van der Waals surface area contributed by atoms with E-state index < -0.39 is 6.96 Å². The Morgan fingerprint density at radius 2 is 1.05 bits per heavy atom. The maximum atomic E-state index is 5.90. The van der Waals surface area contributed by atoms with Crippen LogP contribution < -0.4 is 18.6 Å². The summed E-state index contributed by atoms with van der Waals surface area (Å²) in [7, 11) is 0. The summed E-state index contributed by atoms with van der Waals surface area (Å²) in [5, 5.41) is 1.10. The van der Waals surface area contributed by atoms with Crippen molar-refractivity contribution in [3.8, 4) is 23.0 Å². The first-order valence-corrected chi connectivity index (χ1v) is 6.37. The summed E-state index contributed by atoms with van der Waals surface area (Å²) < 4.78 is 22.5. The van der Waals surface area contributed by atoms with Crippen LogP contribution in [0.25, 0.3) is 0 Å². The van der Waals surface area contributed by atoms with Gasteiger partial charge in [-0.15, -0.1) is 0 Å². The van der Waals surface area contributed by atoms with E-state index in [2.05, 4.69) is 0 Å². The van der Waals surface area contributed by atoms with E-state index in [1.54, 1.807) is 36.4 Å². The van der Waals surface area contributed by atoms with Crippen molar-refractivity contribution in [1.82, 2.24) is 0 Å². The molecule has 2 heterocycles. The molecule has 19 heavy (non-hydrogen) atoms. The fraction of sp³-hybridized carbons (Fsp3) is 0. The average Bonchev–Trinajstić information content (AvgIpc) is 2.87. The van der Waals surface area contributed by atoms with Crippen LogP contribution in [0.4, 0.5) is 0 Å². The van der Waals surface area contributed by atoms with Gasteiger partial charge in [0.15, 0.2) is 0 Å². The number of rotatable bonds is 0. The molecule has 2 aliphatic heterocycles. The van der Waals surface area contributed by atoms with Gasteiger partial charge < -0.3 is 18.6 Å². The predicted octanol–water partition coefficient (Wildman–Crippen LogP) is 3.67. The summed E-state index contributed by atoms with van der Waals surface area (Å²) in [5.74, 6) is 2.05. The third-order valence-electron chi connectivity index (χ3n) is 2.90. The van der Waals surface area contributed by atoms with Crippen LogP contribution >= 0.6 is 23.2 Å². The van der Waals surface area contributed by atoms with Gasteiger partial charge in [0, 0.05) is 10.0 Å². The van der Waals surface area contributed by atoms with Crippen molar-refractivity contribution in [3.63, 3.8) is 0 Å². The second kappa shape index (κ2) is 3.65. The Bertz CT molecular complexity index is 632. The molecule has 0 N–H and O–H groups in total. The van der Waals surface area contributed by atoms with Gasteiger partial charge in [0.05, 0.1) is 0 Å². The lowest BCUT2D eigenvalue weighted by atomic mass is 10.1. The molecule has 1 spiro atoms. The maximum absolute atomic E-state index is 5.90. The summed E-state index contributed by atoms with van der Waals surface area (Å²) in [6.45, 7) is -2.35. The Balaban J connectivity index is 1.70.